The normalized spacial score (nSPS) is 21.1. The van der Waals surface area contributed by atoms with Gasteiger partial charge in [0, 0.05) is 40.0 Å². The Morgan fingerprint density at radius 2 is 1.84 bits per heavy atom. The molecule has 2 amide bonds. The molecule has 5 rings (SSSR count). The Morgan fingerprint density at radius 1 is 1.00 bits per heavy atom. The highest BCUT2D eigenvalue weighted by atomic mass is 35.5. The summed E-state index contributed by atoms with van der Waals surface area (Å²) < 4.78 is 0. The molecule has 1 fully saturated rings. The van der Waals surface area contributed by atoms with E-state index < -0.39 is 0 Å². The van der Waals surface area contributed by atoms with Crippen molar-refractivity contribution >= 4 is 46.1 Å². The summed E-state index contributed by atoms with van der Waals surface area (Å²) in [6.07, 6.45) is 2.57. The molecule has 0 N–H and O–H groups in total. The molecular formula is C24H23ClN2O2S2. The van der Waals surface area contributed by atoms with Gasteiger partial charge in [-0.1, -0.05) is 17.7 Å². The smallest absolute Gasteiger partial charge is 0.253 e. The average molecular weight is 471 g/mol. The second kappa shape index (κ2) is 8.77. The van der Waals surface area contributed by atoms with E-state index >= 15 is 0 Å². The van der Waals surface area contributed by atoms with Crippen molar-refractivity contribution in [1.29, 1.82) is 0 Å². The van der Waals surface area contributed by atoms with Crippen LogP contribution in [0.1, 0.15) is 44.6 Å². The third kappa shape index (κ3) is 4.04. The van der Waals surface area contributed by atoms with Crippen LogP contribution < -0.4 is 0 Å². The molecule has 2 aromatic heterocycles. The summed E-state index contributed by atoms with van der Waals surface area (Å²) in [5.41, 5.74) is 1.88. The number of carbonyl (C=O) groups is 2. The van der Waals surface area contributed by atoms with Crippen molar-refractivity contribution in [2.45, 2.75) is 25.3 Å². The van der Waals surface area contributed by atoms with E-state index in [4.69, 9.17) is 11.6 Å². The van der Waals surface area contributed by atoms with Crippen LogP contribution in [0.15, 0.2) is 53.2 Å². The first-order valence-corrected chi connectivity index (χ1v) is 12.7. The molecule has 2 unspecified atom stereocenters. The highest BCUT2D eigenvalue weighted by Crippen LogP contribution is 2.40. The minimum absolute atomic E-state index is 0.00940. The van der Waals surface area contributed by atoms with Crippen molar-refractivity contribution in [3.05, 3.63) is 79.1 Å². The number of halogens is 1. The van der Waals surface area contributed by atoms with Crippen LogP contribution in [-0.2, 0) is 11.2 Å². The highest BCUT2D eigenvalue weighted by molar-refractivity contribution is 7.10. The van der Waals surface area contributed by atoms with Crippen molar-refractivity contribution in [1.82, 2.24) is 9.80 Å². The molecule has 160 valence electrons. The van der Waals surface area contributed by atoms with Crippen molar-refractivity contribution < 1.29 is 9.59 Å². The topological polar surface area (TPSA) is 40.6 Å². The number of hydrogen-bond acceptors (Lipinski definition) is 4. The Labute approximate surface area is 195 Å². The van der Waals surface area contributed by atoms with E-state index in [0.717, 1.165) is 25.8 Å². The molecule has 2 atom stereocenters. The molecule has 0 radical (unpaired) electrons. The van der Waals surface area contributed by atoms with Gasteiger partial charge in [-0.15, -0.1) is 22.7 Å². The average Bonchev–Trinajstić information content (AvgIpc) is 3.50. The third-order valence-corrected chi connectivity index (χ3v) is 8.38. The second-order valence-corrected chi connectivity index (χ2v) is 10.5. The number of nitrogens with zero attached hydrogens (tertiary/aromatic N) is 2. The van der Waals surface area contributed by atoms with Gasteiger partial charge in [0.2, 0.25) is 5.91 Å². The number of amides is 2. The monoisotopic (exact) mass is 470 g/mol. The third-order valence-electron chi connectivity index (χ3n) is 6.21. The number of hydrogen-bond donors (Lipinski definition) is 0. The standard InChI is InChI=1S/C24H23ClN2O2S2/c25-18-7-5-16(6-8-18)23(28)26-11-1-3-17(15-26)24(29)27-12-9-20-19(10-14-31-20)22(27)21-4-2-13-30-21/h2,4-8,10,13-14,17,22H,1,3,9,11-12,15H2. The first-order valence-electron chi connectivity index (χ1n) is 10.6. The Kier molecular flexibility index (Phi) is 5.87. The van der Waals surface area contributed by atoms with Crippen LogP contribution in [0.3, 0.4) is 0 Å². The lowest BCUT2D eigenvalue weighted by Gasteiger charge is -2.40. The van der Waals surface area contributed by atoms with Crippen LogP contribution in [0.5, 0.6) is 0 Å². The zero-order valence-electron chi connectivity index (χ0n) is 17.0. The largest absolute Gasteiger partial charge is 0.338 e. The van der Waals surface area contributed by atoms with Crippen molar-refractivity contribution in [2.75, 3.05) is 19.6 Å². The number of carbonyl (C=O) groups excluding carboxylic acids is 2. The molecule has 7 heteroatoms. The quantitative estimate of drug-likeness (QED) is 0.507. The van der Waals surface area contributed by atoms with Gasteiger partial charge in [-0.3, -0.25) is 9.59 Å². The molecule has 0 bridgehead atoms. The number of thiophene rings is 2. The van der Waals surface area contributed by atoms with E-state index in [0.29, 0.717) is 23.7 Å². The fourth-order valence-corrected chi connectivity index (χ4v) is 6.56. The fourth-order valence-electron chi connectivity index (χ4n) is 4.68. The van der Waals surface area contributed by atoms with Gasteiger partial charge < -0.3 is 9.80 Å². The molecule has 0 aliphatic carbocycles. The molecule has 0 spiro atoms. The van der Waals surface area contributed by atoms with E-state index in [9.17, 15) is 9.59 Å². The van der Waals surface area contributed by atoms with Gasteiger partial charge in [0.15, 0.2) is 0 Å². The number of likely N-dealkylation sites (tertiary alicyclic amines) is 1. The summed E-state index contributed by atoms with van der Waals surface area (Å²) in [4.78, 5) is 33.2. The second-order valence-electron chi connectivity index (χ2n) is 8.10. The van der Waals surface area contributed by atoms with Gasteiger partial charge in [-0.2, -0.15) is 0 Å². The van der Waals surface area contributed by atoms with Crippen molar-refractivity contribution in [2.24, 2.45) is 5.92 Å². The van der Waals surface area contributed by atoms with Crippen molar-refractivity contribution in [3.63, 3.8) is 0 Å². The molecule has 0 saturated carbocycles. The summed E-state index contributed by atoms with van der Waals surface area (Å²) in [6.45, 7) is 1.90. The van der Waals surface area contributed by atoms with Crippen LogP contribution in [0.25, 0.3) is 0 Å². The van der Waals surface area contributed by atoms with Gasteiger partial charge in [0.1, 0.15) is 0 Å². The Bertz CT molecular complexity index is 1080. The Hall–Kier alpha value is -2.15. The van der Waals surface area contributed by atoms with Gasteiger partial charge in [0.05, 0.1) is 12.0 Å². The van der Waals surface area contributed by atoms with E-state index in [2.05, 4.69) is 33.9 Å². The Balaban J connectivity index is 1.36. The fraction of sp³-hybridized carbons (Fsp3) is 0.333. The molecule has 3 aromatic rings. The predicted molar refractivity (Wildman–Crippen MR) is 126 cm³/mol. The SMILES string of the molecule is O=C(c1ccc(Cl)cc1)N1CCCC(C(=O)N2CCc3sccc3C2c2cccs2)C1. The molecule has 4 nitrogen and oxygen atoms in total. The van der Waals surface area contributed by atoms with Crippen LogP contribution in [0.4, 0.5) is 0 Å². The maximum Gasteiger partial charge on any atom is 0.253 e. The molecule has 4 heterocycles. The summed E-state index contributed by atoms with van der Waals surface area (Å²) >= 11 is 9.45. The van der Waals surface area contributed by atoms with Gasteiger partial charge in [0.25, 0.3) is 5.91 Å². The van der Waals surface area contributed by atoms with Crippen LogP contribution >= 0.6 is 34.3 Å². The zero-order chi connectivity index (χ0) is 21.4. The highest BCUT2D eigenvalue weighted by Gasteiger charge is 2.38. The summed E-state index contributed by atoms with van der Waals surface area (Å²) in [5.74, 6) is -0.0146. The Morgan fingerprint density at radius 3 is 2.61 bits per heavy atom. The van der Waals surface area contributed by atoms with Crippen LogP contribution in [0.2, 0.25) is 5.02 Å². The molecule has 2 aliphatic rings. The first-order chi connectivity index (χ1) is 15.1. The molecule has 31 heavy (non-hydrogen) atoms. The lowest BCUT2D eigenvalue weighted by atomic mass is 9.92. The van der Waals surface area contributed by atoms with E-state index in [-0.39, 0.29) is 23.8 Å². The molecule has 1 aromatic carbocycles. The lowest BCUT2D eigenvalue weighted by Crippen LogP contribution is -2.49. The first kappa shape index (κ1) is 20.7. The van der Waals surface area contributed by atoms with E-state index in [1.54, 1.807) is 46.9 Å². The number of fused-ring (bicyclic) bond motifs is 1. The molecule has 1 saturated heterocycles. The van der Waals surface area contributed by atoms with Gasteiger partial charge >= 0.3 is 0 Å². The van der Waals surface area contributed by atoms with Gasteiger partial charge in [-0.05, 0) is 72.0 Å². The summed E-state index contributed by atoms with van der Waals surface area (Å²) in [5, 5.41) is 4.82. The maximum absolute atomic E-state index is 13.7. The number of piperidine rings is 1. The van der Waals surface area contributed by atoms with Crippen LogP contribution in [0, 0.1) is 5.92 Å². The number of rotatable bonds is 3. The predicted octanol–water partition coefficient (Wildman–Crippen LogP) is 5.49. The number of benzene rings is 1. The van der Waals surface area contributed by atoms with Crippen LogP contribution in [-0.4, -0.2) is 41.2 Å². The van der Waals surface area contributed by atoms with E-state index in [1.165, 1.54) is 15.3 Å². The molecule has 2 aliphatic heterocycles. The minimum Gasteiger partial charge on any atom is -0.338 e. The molecular weight excluding hydrogens is 448 g/mol. The zero-order valence-corrected chi connectivity index (χ0v) is 19.4. The van der Waals surface area contributed by atoms with E-state index in [1.807, 2.05) is 4.90 Å². The lowest BCUT2D eigenvalue weighted by molar-refractivity contribution is -0.139. The maximum atomic E-state index is 13.7. The summed E-state index contributed by atoms with van der Waals surface area (Å²) in [7, 11) is 0. The van der Waals surface area contributed by atoms with Gasteiger partial charge in [-0.25, -0.2) is 0 Å². The van der Waals surface area contributed by atoms with Crippen molar-refractivity contribution in [3.8, 4) is 0 Å². The minimum atomic E-state index is -0.160. The summed E-state index contributed by atoms with van der Waals surface area (Å²) in [6, 6.07) is 13.3.